The van der Waals surface area contributed by atoms with Crippen molar-refractivity contribution >= 4 is 0 Å². The lowest BCUT2D eigenvalue weighted by molar-refractivity contribution is 0.549. The zero-order valence-electron chi connectivity index (χ0n) is 9.56. The maximum atomic E-state index is 13.6. The highest BCUT2D eigenvalue weighted by Crippen LogP contribution is 2.02. The summed E-state index contributed by atoms with van der Waals surface area (Å²) in [6.45, 7) is 2.11. The molecule has 0 saturated heterocycles. The number of rotatable bonds is 3. The van der Waals surface area contributed by atoms with Gasteiger partial charge >= 0.3 is 0 Å². The Morgan fingerprint density at radius 1 is 1.29 bits per heavy atom. The van der Waals surface area contributed by atoms with Gasteiger partial charge in [0.05, 0.1) is 18.6 Å². The Kier molecular flexibility index (Phi) is 3.32. The van der Waals surface area contributed by atoms with E-state index in [9.17, 15) is 9.18 Å². The average molecular weight is 232 g/mol. The number of hydrogen-bond acceptors (Lipinski definition) is 2. The van der Waals surface area contributed by atoms with Gasteiger partial charge in [-0.15, -0.1) is 0 Å². The van der Waals surface area contributed by atoms with E-state index in [0.717, 1.165) is 5.56 Å². The van der Waals surface area contributed by atoms with E-state index in [-0.39, 0.29) is 5.69 Å². The molecule has 0 atom stereocenters. The molecule has 0 bridgehead atoms. The number of aromatic nitrogens is 2. The minimum Gasteiger partial charge on any atom is -0.292 e. The van der Waals surface area contributed by atoms with Crippen molar-refractivity contribution in [3.8, 4) is 0 Å². The number of nitrogens with zero attached hydrogens (tertiary/aromatic N) is 2. The fourth-order valence-electron chi connectivity index (χ4n) is 1.64. The minimum absolute atomic E-state index is 0.222. The van der Waals surface area contributed by atoms with Gasteiger partial charge in [0.1, 0.15) is 0 Å². The third-order valence-corrected chi connectivity index (χ3v) is 2.59. The third-order valence-electron chi connectivity index (χ3n) is 2.59. The van der Waals surface area contributed by atoms with Crippen LogP contribution in [0.15, 0.2) is 41.5 Å². The summed E-state index contributed by atoms with van der Waals surface area (Å²) >= 11 is 0. The Morgan fingerprint density at radius 3 is 2.65 bits per heavy atom. The molecular weight excluding hydrogens is 219 g/mol. The number of halogens is 1. The Hall–Kier alpha value is -1.97. The lowest BCUT2D eigenvalue weighted by Crippen LogP contribution is -2.25. The van der Waals surface area contributed by atoms with Gasteiger partial charge in [-0.2, -0.15) is 4.39 Å². The van der Waals surface area contributed by atoms with E-state index in [1.807, 2.05) is 30.3 Å². The Balaban J connectivity index is 2.35. The molecule has 0 radical (unpaired) electrons. The molecule has 2 rings (SSSR count). The van der Waals surface area contributed by atoms with Gasteiger partial charge in [-0.1, -0.05) is 37.3 Å². The van der Waals surface area contributed by atoms with Gasteiger partial charge in [0.25, 0.3) is 5.56 Å². The summed E-state index contributed by atoms with van der Waals surface area (Å²) < 4.78 is 14.9. The summed E-state index contributed by atoms with van der Waals surface area (Å²) in [7, 11) is 0. The Labute approximate surface area is 98.6 Å². The van der Waals surface area contributed by atoms with Crippen LogP contribution in [0.5, 0.6) is 0 Å². The first-order chi connectivity index (χ1) is 8.22. The van der Waals surface area contributed by atoms with Crippen LogP contribution in [0.1, 0.15) is 18.2 Å². The van der Waals surface area contributed by atoms with Gasteiger partial charge in [0.2, 0.25) is 5.82 Å². The van der Waals surface area contributed by atoms with Gasteiger partial charge in [-0.05, 0) is 12.0 Å². The summed E-state index contributed by atoms with van der Waals surface area (Å²) in [6, 6.07) is 9.43. The second-order valence-electron chi connectivity index (χ2n) is 3.78. The summed E-state index contributed by atoms with van der Waals surface area (Å²) in [5.41, 5.74) is 0.556. The zero-order chi connectivity index (χ0) is 12.3. The number of aryl methyl sites for hydroxylation is 1. The van der Waals surface area contributed by atoms with Crippen LogP contribution in [0.3, 0.4) is 0 Å². The van der Waals surface area contributed by atoms with Crippen molar-refractivity contribution in [2.24, 2.45) is 0 Å². The normalized spacial score (nSPS) is 10.5. The summed E-state index contributed by atoms with van der Waals surface area (Å²) in [6.07, 6.45) is 1.82. The predicted octanol–water partition coefficient (Wildman–Crippen LogP) is 1.99. The second-order valence-corrected chi connectivity index (χ2v) is 3.78. The van der Waals surface area contributed by atoms with Crippen molar-refractivity contribution in [1.82, 2.24) is 9.55 Å². The van der Waals surface area contributed by atoms with E-state index in [4.69, 9.17) is 0 Å². The molecule has 0 unspecified atom stereocenters. The van der Waals surface area contributed by atoms with Crippen LogP contribution in [0, 0.1) is 5.82 Å². The van der Waals surface area contributed by atoms with Crippen LogP contribution in [0.2, 0.25) is 0 Å². The molecule has 2 aromatic rings. The molecule has 0 N–H and O–H groups in total. The van der Waals surface area contributed by atoms with Crippen molar-refractivity contribution in [2.75, 3.05) is 0 Å². The largest absolute Gasteiger partial charge is 0.292 e. The van der Waals surface area contributed by atoms with E-state index in [1.165, 1.54) is 10.9 Å². The molecular formula is C13H13FN2O. The van der Waals surface area contributed by atoms with E-state index >= 15 is 0 Å². The van der Waals surface area contributed by atoms with Crippen LogP contribution in [0.25, 0.3) is 0 Å². The smallest absolute Gasteiger partial charge is 0.289 e. The second kappa shape index (κ2) is 4.91. The fraction of sp³-hybridized carbons (Fsp3) is 0.231. The average Bonchev–Trinajstić information content (AvgIpc) is 2.37. The highest BCUT2D eigenvalue weighted by molar-refractivity contribution is 5.15. The zero-order valence-corrected chi connectivity index (χ0v) is 9.56. The summed E-state index contributed by atoms with van der Waals surface area (Å²) in [5.74, 6) is -0.745. The topological polar surface area (TPSA) is 34.9 Å². The summed E-state index contributed by atoms with van der Waals surface area (Å²) in [5, 5.41) is 0. The van der Waals surface area contributed by atoms with Crippen molar-refractivity contribution < 1.29 is 4.39 Å². The van der Waals surface area contributed by atoms with Crippen LogP contribution < -0.4 is 5.56 Å². The molecule has 0 aliphatic rings. The van der Waals surface area contributed by atoms with Crippen molar-refractivity contribution in [1.29, 1.82) is 0 Å². The SMILES string of the molecule is CCc1ncn(Cc2ccccc2)c(=O)c1F. The predicted molar refractivity (Wildman–Crippen MR) is 63.4 cm³/mol. The molecule has 0 aliphatic heterocycles. The lowest BCUT2D eigenvalue weighted by Gasteiger charge is -2.06. The monoisotopic (exact) mass is 232 g/mol. The van der Waals surface area contributed by atoms with E-state index in [0.29, 0.717) is 13.0 Å². The maximum absolute atomic E-state index is 13.6. The summed E-state index contributed by atoms with van der Waals surface area (Å²) in [4.78, 5) is 15.6. The molecule has 17 heavy (non-hydrogen) atoms. The molecule has 1 aromatic heterocycles. The molecule has 3 nitrogen and oxygen atoms in total. The van der Waals surface area contributed by atoms with Crippen LogP contribution in [0.4, 0.5) is 4.39 Å². The molecule has 1 heterocycles. The van der Waals surface area contributed by atoms with Crippen molar-refractivity contribution in [3.05, 3.63) is 64.1 Å². The quantitative estimate of drug-likeness (QED) is 0.811. The van der Waals surface area contributed by atoms with E-state index < -0.39 is 11.4 Å². The minimum atomic E-state index is -0.745. The van der Waals surface area contributed by atoms with Gasteiger partial charge in [0.15, 0.2) is 0 Å². The van der Waals surface area contributed by atoms with Gasteiger partial charge in [-0.25, -0.2) is 4.98 Å². The van der Waals surface area contributed by atoms with Gasteiger partial charge in [0, 0.05) is 0 Å². The fourth-order valence-corrected chi connectivity index (χ4v) is 1.64. The standard InChI is InChI=1S/C13H13FN2O/c1-2-11-12(14)13(17)16(9-15-11)8-10-6-4-3-5-7-10/h3-7,9H,2,8H2,1H3. The molecule has 0 aliphatic carbocycles. The molecule has 0 saturated carbocycles. The Morgan fingerprint density at radius 2 is 2.00 bits per heavy atom. The first-order valence-electron chi connectivity index (χ1n) is 5.50. The number of hydrogen-bond donors (Lipinski definition) is 0. The highest BCUT2D eigenvalue weighted by Gasteiger charge is 2.09. The lowest BCUT2D eigenvalue weighted by atomic mass is 10.2. The maximum Gasteiger partial charge on any atom is 0.289 e. The molecule has 0 amide bonds. The van der Waals surface area contributed by atoms with Crippen LogP contribution >= 0.6 is 0 Å². The van der Waals surface area contributed by atoms with E-state index in [2.05, 4.69) is 4.98 Å². The molecule has 0 spiro atoms. The van der Waals surface area contributed by atoms with E-state index in [1.54, 1.807) is 6.92 Å². The molecule has 88 valence electrons. The first kappa shape index (κ1) is 11.5. The third kappa shape index (κ3) is 2.41. The Bertz CT molecular complexity index is 563. The first-order valence-corrected chi connectivity index (χ1v) is 5.50. The van der Waals surface area contributed by atoms with Crippen molar-refractivity contribution in [3.63, 3.8) is 0 Å². The van der Waals surface area contributed by atoms with Crippen LogP contribution in [-0.2, 0) is 13.0 Å². The van der Waals surface area contributed by atoms with Gasteiger partial charge < -0.3 is 0 Å². The van der Waals surface area contributed by atoms with Gasteiger partial charge in [-0.3, -0.25) is 9.36 Å². The molecule has 0 fully saturated rings. The number of benzene rings is 1. The van der Waals surface area contributed by atoms with Crippen LogP contribution in [-0.4, -0.2) is 9.55 Å². The van der Waals surface area contributed by atoms with Crippen molar-refractivity contribution in [2.45, 2.75) is 19.9 Å². The molecule has 1 aromatic carbocycles. The molecule has 4 heteroatoms. The highest BCUT2D eigenvalue weighted by atomic mass is 19.1.